The molecule has 0 bridgehead atoms. The molecule has 0 N–H and O–H groups in total. The van der Waals surface area contributed by atoms with E-state index in [1.807, 2.05) is 0 Å². The maximum absolute atomic E-state index is 2.54. The van der Waals surface area contributed by atoms with Gasteiger partial charge in [0.15, 0.2) is 0 Å². The average Bonchev–Trinajstić information content (AvgIpc) is 3.94. The van der Waals surface area contributed by atoms with Crippen molar-refractivity contribution in [3.05, 3.63) is 152 Å². The molecule has 0 saturated carbocycles. The SMILES string of the molecule is c1ccc(-n2c3ccccc3c3ccc4c(c5cccc6c7cc8c9cccc%10c%11c%12ccccc%12ccc%11n(c8cc7n4c65)c9%10)c32)cc1. The van der Waals surface area contributed by atoms with Gasteiger partial charge in [-0.2, -0.15) is 0 Å². The molecular formula is C46H25N3. The summed E-state index contributed by atoms with van der Waals surface area (Å²) in [6, 6.07) is 56.4. The first kappa shape index (κ1) is 24.6. The Kier molecular flexibility index (Phi) is 4.15. The first-order chi connectivity index (χ1) is 24.3. The average molecular weight is 620 g/mol. The summed E-state index contributed by atoms with van der Waals surface area (Å²) < 4.78 is 7.54. The third kappa shape index (κ3) is 2.73. The summed E-state index contributed by atoms with van der Waals surface area (Å²) in [6.45, 7) is 0. The van der Waals surface area contributed by atoms with E-state index in [-0.39, 0.29) is 0 Å². The van der Waals surface area contributed by atoms with Crippen LogP contribution < -0.4 is 0 Å². The van der Waals surface area contributed by atoms with Crippen molar-refractivity contribution in [1.29, 1.82) is 0 Å². The van der Waals surface area contributed by atoms with E-state index < -0.39 is 0 Å². The Hall–Kier alpha value is -6.58. The number of aromatic nitrogens is 3. The van der Waals surface area contributed by atoms with Crippen LogP contribution in [0.3, 0.4) is 0 Å². The lowest BCUT2D eigenvalue weighted by atomic mass is 10.0. The molecule has 0 radical (unpaired) electrons. The lowest BCUT2D eigenvalue weighted by Gasteiger charge is -2.09. The topological polar surface area (TPSA) is 13.8 Å². The van der Waals surface area contributed by atoms with Gasteiger partial charge in [0.25, 0.3) is 0 Å². The molecule has 0 saturated heterocycles. The van der Waals surface area contributed by atoms with Gasteiger partial charge in [-0.05, 0) is 53.2 Å². The van der Waals surface area contributed by atoms with Crippen molar-refractivity contribution in [3.63, 3.8) is 0 Å². The number of hydrogen-bond donors (Lipinski definition) is 0. The Bertz CT molecular complexity index is 3540. The molecule has 3 heteroatoms. The summed E-state index contributed by atoms with van der Waals surface area (Å²) in [7, 11) is 0. The van der Waals surface area contributed by atoms with Gasteiger partial charge in [-0.15, -0.1) is 0 Å². The van der Waals surface area contributed by atoms with Crippen LogP contribution in [-0.4, -0.2) is 13.4 Å². The molecule has 5 heterocycles. The first-order valence-electron chi connectivity index (χ1n) is 17.0. The molecule has 13 rings (SSSR count). The zero-order chi connectivity index (χ0) is 31.5. The summed E-state index contributed by atoms with van der Waals surface area (Å²) in [5.41, 5.74) is 11.3. The van der Waals surface area contributed by atoms with Crippen molar-refractivity contribution in [1.82, 2.24) is 13.4 Å². The second kappa shape index (κ2) is 8.28. The molecular weight excluding hydrogens is 595 g/mol. The van der Waals surface area contributed by atoms with Crippen LogP contribution in [0.4, 0.5) is 0 Å². The van der Waals surface area contributed by atoms with E-state index >= 15 is 0 Å². The molecule has 0 unspecified atom stereocenters. The number of rotatable bonds is 1. The van der Waals surface area contributed by atoms with E-state index in [1.165, 1.54) is 114 Å². The Morgan fingerprint density at radius 2 is 0.857 bits per heavy atom. The number of hydrogen-bond acceptors (Lipinski definition) is 0. The van der Waals surface area contributed by atoms with Gasteiger partial charge in [0.05, 0.1) is 44.1 Å². The van der Waals surface area contributed by atoms with Crippen molar-refractivity contribution >= 4 is 109 Å². The van der Waals surface area contributed by atoms with Crippen LogP contribution in [0, 0.1) is 0 Å². The first-order valence-corrected chi connectivity index (χ1v) is 17.0. The maximum atomic E-state index is 2.54. The zero-order valence-electron chi connectivity index (χ0n) is 26.3. The second-order valence-corrected chi connectivity index (χ2v) is 13.7. The highest BCUT2D eigenvalue weighted by molar-refractivity contribution is 6.34. The van der Waals surface area contributed by atoms with Crippen molar-refractivity contribution < 1.29 is 0 Å². The van der Waals surface area contributed by atoms with E-state index in [1.54, 1.807) is 0 Å². The van der Waals surface area contributed by atoms with Gasteiger partial charge in [-0.1, -0.05) is 109 Å². The normalized spacial score (nSPS) is 12.9. The van der Waals surface area contributed by atoms with Crippen LogP contribution >= 0.6 is 0 Å². The van der Waals surface area contributed by atoms with Gasteiger partial charge in [0.1, 0.15) is 0 Å². The summed E-state index contributed by atoms with van der Waals surface area (Å²) in [5, 5.41) is 15.7. The molecule has 0 amide bonds. The molecule has 0 aliphatic rings. The summed E-state index contributed by atoms with van der Waals surface area (Å²) in [6.07, 6.45) is 0. The minimum absolute atomic E-state index is 1.18. The highest BCUT2D eigenvalue weighted by Gasteiger charge is 2.25. The van der Waals surface area contributed by atoms with Crippen LogP contribution in [0.25, 0.3) is 114 Å². The highest BCUT2D eigenvalue weighted by atomic mass is 15.0. The molecule has 0 aliphatic heterocycles. The third-order valence-corrected chi connectivity index (χ3v) is 11.5. The van der Waals surface area contributed by atoms with E-state index in [9.17, 15) is 0 Å². The summed E-state index contributed by atoms with van der Waals surface area (Å²) >= 11 is 0. The van der Waals surface area contributed by atoms with Gasteiger partial charge >= 0.3 is 0 Å². The maximum Gasteiger partial charge on any atom is 0.0641 e. The molecule has 0 spiro atoms. The van der Waals surface area contributed by atoms with E-state index in [0.29, 0.717) is 0 Å². The molecule has 49 heavy (non-hydrogen) atoms. The van der Waals surface area contributed by atoms with Gasteiger partial charge in [-0.3, -0.25) is 0 Å². The molecule has 0 fully saturated rings. The number of fused-ring (bicyclic) bond motifs is 18. The van der Waals surface area contributed by atoms with Gasteiger partial charge in [0.2, 0.25) is 0 Å². The smallest absolute Gasteiger partial charge is 0.0641 e. The fourth-order valence-electron chi connectivity index (χ4n) is 9.60. The summed E-state index contributed by atoms with van der Waals surface area (Å²) in [5.74, 6) is 0. The van der Waals surface area contributed by atoms with Crippen LogP contribution in [0.15, 0.2) is 152 Å². The van der Waals surface area contributed by atoms with Gasteiger partial charge in [-0.25, -0.2) is 0 Å². The predicted octanol–water partition coefficient (Wildman–Crippen LogP) is 12.2. The largest absolute Gasteiger partial charge is 0.309 e. The number of benzene rings is 8. The molecule has 3 nitrogen and oxygen atoms in total. The van der Waals surface area contributed by atoms with Crippen molar-refractivity contribution in [2.75, 3.05) is 0 Å². The summed E-state index contributed by atoms with van der Waals surface area (Å²) in [4.78, 5) is 0. The lowest BCUT2D eigenvalue weighted by molar-refractivity contribution is 1.19. The number of nitrogens with zero attached hydrogens (tertiary/aromatic N) is 3. The molecule has 13 aromatic rings. The Balaban J connectivity index is 1.25. The van der Waals surface area contributed by atoms with E-state index in [0.717, 1.165) is 0 Å². The monoisotopic (exact) mass is 619 g/mol. The van der Waals surface area contributed by atoms with Gasteiger partial charge < -0.3 is 13.4 Å². The van der Waals surface area contributed by atoms with Crippen LogP contribution in [-0.2, 0) is 0 Å². The van der Waals surface area contributed by atoms with Crippen molar-refractivity contribution in [2.45, 2.75) is 0 Å². The van der Waals surface area contributed by atoms with Crippen LogP contribution in [0.2, 0.25) is 0 Å². The predicted molar refractivity (Wildman–Crippen MR) is 208 cm³/mol. The molecule has 5 aromatic heterocycles. The lowest BCUT2D eigenvalue weighted by Crippen LogP contribution is -1.93. The van der Waals surface area contributed by atoms with Gasteiger partial charge in [0, 0.05) is 59.5 Å². The molecule has 8 aromatic carbocycles. The minimum Gasteiger partial charge on any atom is -0.309 e. The zero-order valence-corrected chi connectivity index (χ0v) is 26.3. The minimum atomic E-state index is 1.18. The molecule has 0 atom stereocenters. The van der Waals surface area contributed by atoms with E-state index in [4.69, 9.17) is 0 Å². The van der Waals surface area contributed by atoms with E-state index in [2.05, 4.69) is 165 Å². The van der Waals surface area contributed by atoms with Crippen LogP contribution in [0.5, 0.6) is 0 Å². The third-order valence-electron chi connectivity index (χ3n) is 11.5. The Labute approximate surface area is 278 Å². The van der Waals surface area contributed by atoms with Crippen molar-refractivity contribution in [2.24, 2.45) is 0 Å². The molecule has 0 aliphatic carbocycles. The highest BCUT2D eigenvalue weighted by Crippen LogP contribution is 2.47. The second-order valence-electron chi connectivity index (χ2n) is 13.7. The van der Waals surface area contributed by atoms with Crippen LogP contribution in [0.1, 0.15) is 0 Å². The number of para-hydroxylation sites is 4. The Morgan fingerprint density at radius 1 is 0.286 bits per heavy atom. The quantitative estimate of drug-likeness (QED) is 0.174. The standard InChI is InChI=1S/C46H25N3/c1-2-11-27(12-3-1)47-37-19-7-6-14-29(37)32-21-23-39-43(46(32)47)34-18-9-16-31-36-24-35-30-15-8-17-33-42-28-13-5-4-10-26(28)20-22-38(42)48(44(30)33)40(35)25-41(36)49(39)45(31)34/h1-25H. The Morgan fingerprint density at radius 3 is 1.63 bits per heavy atom. The molecule has 224 valence electrons. The fraction of sp³-hybridized carbons (Fsp3) is 0. The fourth-order valence-corrected chi connectivity index (χ4v) is 9.60. The van der Waals surface area contributed by atoms with Crippen molar-refractivity contribution in [3.8, 4) is 5.69 Å².